The number of ether oxygens (including phenoxy) is 2. The third-order valence-corrected chi connectivity index (χ3v) is 5.88. The lowest BCUT2D eigenvalue weighted by Gasteiger charge is -2.34. The second kappa shape index (κ2) is 12.1. The highest BCUT2D eigenvalue weighted by atomic mass is 16.6. The molecule has 0 radical (unpaired) electrons. The van der Waals surface area contributed by atoms with E-state index in [-0.39, 0.29) is 24.3 Å². The molecule has 2 aliphatic carbocycles. The van der Waals surface area contributed by atoms with Gasteiger partial charge in [-0.15, -0.1) is 0 Å². The minimum absolute atomic E-state index is 0.261. The highest BCUT2D eigenvalue weighted by molar-refractivity contribution is 5.67. The van der Waals surface area contributed by atoms with Gasteiger partial charge in [-0.25, -0.2) is 9.59 Å². The van der Waals surface area contributed by atoms with Crippen molar-refractivity contribution >= 4 is 12.2 Å². The van der Waals surface area contributed by atoms with Gasteiger partial charge >= 0.3 is 12.2 Å². The quantitative estimate of drug-likeness (QED) is 0.634. The second-order valence-electron chi connectivity index (χ2n) is 8.23. The maximum atomic E-state index is 11.7. The van der Waals surface area contributed by atoms with Gasteiger partial charge in [-0.3, -0.25) is 0 Å². The van der Waals surface area contributed by atoms with Crippen LogP contribution in [0.2, 0.25) is 0 Å². The molecule has 0 atom stereocenters. The van der Waals surface area contributed by atoms with E-state index in [1.165, 1.54) is 32.1 Å². The van der Waals surface area contributed by atoms with E-state index in [9.17, 15) is 9.59 Å². The van der Waals surface area contributed by atoms with Gasteiger partial charge in [-0.05, 0) is 82.5 Å². The first-order valence-electron chi connectivity index (χ1n) is 11.0. The van der Waals surface area contributed by atoms with E-state index >= 15 is 0 Å². The SMILES string of the molecule is CCCOC(=O)NC1CCC(CC2CCC(NC(=O)OCCC)CC2)CC1. The number of hydrogen-bond acceptors (Lipinski definition) is 4. The molecule has 2 saturated carbocycles. The van der Waals surface area contributed by atoms with Crippen molar-refractivity contribution < 1.29 is 19.1 Å². The van der Waals surface area contributed by atoms with Crippen LogP contribution in [0.1, 0.15) is 84.5 Å². The Hall–Kier alpha value is -1.46. The van der Waals surface area contributed by atoms with Gasteiger partial charge in [0, 0.05) is 12.1 Å². The summed E-state index contributed by atoms with van der Waals surface area (Å²) in [7, 11) is 0. The van der Waals surface area contributed by atoms with Gasteiger partial charge in [0.25, 0.3) is 0 Å². The standard InChI is InChI=1S/C21H38N2O4/c1-3-13-26-20(24)22-18-9-5-16(6-10-18)15-17-7-11-19(12-8-17)23-21(25)27-14-4-2/h16-19H,3-15H2,1-2H3,(H,22,24)(H,23,25). The van der Waals surface area contributed by atoms with Crippen LogP contribution < -0.4 is 10.6 Å². The van der Waals surface area contributed by atoms with Crippen molar-refractivity contribution in [3.05, 3.63) is 0 Å². The van der Waals surface area contributed by atoms with Gasteiger partial charge in [0.2, 0.25) is 0 Å². The highest BCUT2D eigenvalue weighted by Gasteiger charge is 2.28. The molecular formula is C21H38N2O4. The molecular weight excluding hydrogens is 344 g/mol. The largest absolute Gasteiger partial charge is 0.450 e. The summed E-state index contributed by atoms with van der Waals surface area (Å²) in [5, 5.41) is 6.01. The Balaban J connectivity index is 1.57. The van der Waals surface area contributed by atoms with Crippen LogP contribution in [0.25, 0.3) is 0 Å². The minimum Gasteiger partial charge on any atom is -0.450 e. The zero-order valence-corrected chi connectivity index (χ0v) is 17.1. The van der Waals surface area contributed by atoms with Gasteiger partial charge < -0.3 is 20.1 Å². The molecule has 0 saturated heterocycles. The summed E-state index contributed by atoms with van der Waals surface area (Å²) in [5.41, 5.74) is 0. The highest BCUT2D eigenvalue weighted by Crippen LogP contribution is 2.35. The Bertz CT molecular complexity index is 401. The van der Waals surface area contributed by atoms with Crippen molar-refractivity contribution in [3.63, 3.8) is 0 Å². The molecule has 0 aromatic rings. The fourth-order valence-electron chi connectivity index (χ4n) is 4.36. The summed E-state index contributed by atoms with van der Waals surface area (Å²) in [6, 6.07) is 0.555. The van der Waals surface area contributed by atoms with E-state index in [4.69, 9.17) is 9.47 Å². The maximum absolute atomic E-state index is 11.7. The van der Waals surface area contributed by atoms with E-state index < -0.39 is 0 Å². The first kappa shape index (κ1) is 21.8. The number of carbonyl (C=O) groups excluding carboxylic acids is 2. The number of hydrogen-bond donors (Lipinski definition) is 2. The average molecular weight is 383 g/mol. The van der Waals surface area contributed by atoms with Crippen molar-refractivity contribution in [3.8, 4) is 0 Å². The number of carbonyl (C=O) groups is 2. The Morgan fingerprint density at radius 2 is 1.07 bits per heavy atom. The van der Waals surface area contributed by atoms with Gasteiger partial charge in [-0.1, -0.05) is 13.8 Å². The lowest BCUT2D eigenvalue weighted by molar-refractivity contribution is 0.133. The van der Waals surface area contributed by atoms with Crippen LogP contribution in [0, 0.1) is 11.8 Å². The summed E-state index contributed by atoms with van der Waals surface area (Å²) in [6.45, 7) is 4.99. The molecule has 156 valence electrons. The molecule has 6 nitrogen and oxygen atoms in total. The van der Waals surface area contributed by atoms with Crippen LogP contribution >= 0.6 is 0 Å². The smallest absolute Gasteiger partial charge is 0.407 e. The Morgan fingerprint density at radius 3 is 1.41 bits per heavy atom. The molecule has 0 heterocycles. The predicted molar refractivity (Wildman–Crippen MR) is 106 cm³/mol. The molecule has 6 heteroatoms. The summed E-state index contributed by atoms with van der Waals surface area (Å²) in [6.07, 6.45) is 11.5. The lowest BCUT2D eigenvalue weighted by atomic mass is 9.76. The second-order valence-corrected chi connectivity index (χ2v) is 8.23. The molecule has 2 amide bonds. The topological polar surface area (TPSA) is 76.7 Å². The molecule has 2 N–H and O–H groups in total. The van der Waals surface area contributed by atoms with Crippen LogP contribution in [0.5, 0.6) is 0 Å². The summed E-state index contributed by atoms with van der Waals surface area (Å²) in [4.78, 5) is 23.3. The normalized spacial score (nSPS) is 28.2. The third kappa shape index (κ3) is 8.39. The molecule has 0 unspecified atom stereocenters. The third-order valence-electron chi connectivity index (χ3n) is 5.88. The first-order chi connectivity index (χ1) is 13.1. The van der Waals surface area contributed by atoms with E-state index in [1.54, 1.807) is 0 Å². The Kier molecular flexibility index (Phi) is 9.78. The zero-order valence-electron chi connectivity index (χ0n) is 17.1. The van der Waals surface area contributed by atoms with Crippen molar-refractivity contribution in [1.29, 1.82) is 0 Å². The van der Waals surface area contributed by atoms with Gasteiger partial charge in [-0.2, -0.15) is 0 Å². The van der Waals surface area contributed by atoms with E-state index in [2.05, 4.69) is 10.6 Å². The van der Waals surface area contributed by atoms with Crippen molar-refractivity contribution in [2.24, 2.45) is 11.8 Å². The fourth-order valence-corrected chi connectivity index (χ4v) is 4.36. The minimum atomic E-state index is -0.261. The lowest BCUT2D eigenvalue weighted by Crippen LogP contribution is -2.39. The Morgan fingerprint density at radius 1 is 0.704 bits per heavy atom. The number of alkyl carbamates (subject to hydrolysis) is 2. The molecule has 2 aliphatic rings. The van der Waals surface area contributed by atoms with E-state index in [1.807, 2.05) is 13.8 Å². The molecule has 2 rings (SSSR count). The molecule has 27 heavy (non-hydrogen) atoms. The van der Waals surface area contributed by atoms with Gasteiger partial charge in [0.15, 0.2) is 0 Å². The van der Waals surface area contributed by atoms with E-state index in [0.29, 0.717) is 13.2 Å². The number of rotatable bonds is 8. The van der Waals surface area contributed by atoms with Crippen molar-refractivity contribution in [1.82, 2.24) is 10.6 Å². The molecule has 0 spiro atoms. The zero-order chi connectivity index (χ0) is 19.5. The maximum Gasteiger partial charge on any atom is 0.407 e. The molecule has 0 bridgehead atoms. The van der Waals surface area contributed by atoms with Gasteiger partial charge in [0.1, 0.15) is 0 Å². The average Bonchev–Trinajstić information content (AvgIpc) is 2.68. The van der Waals surface area contributed by atoms with Crippen molar-refractivity contribution in [2.45, 2.75) is 96.6 Å². The fraction of sp³-hybridized carbons (Fsp3) is 0.905. The van der Waals surface area contributed by atoms with Gasteiger partial charge in [0.05, 0.1) is 13.2 Å². The summed E-state index contributed by atoms with van der Waals surface area (Å²) in [5.74, 6) is 1.55. The van der Waals surface area contributed by atoms with Crippen LogP contribution in [-0.2, 0) is 9.47 Å². The van der Waals surface area contributed by atoms with Crippen molar-refractivity contribution in [2.75, 3.05) is 13.2 Å². The monoisotopic (exact) mass is 382 g/mol. The Labute approximate surface area is 164 Å². The number of nitrogens with one attached hydrogen (secondary N) is 2. The van der Waals surface area contributed by atoms with Crippen LogP contribution in [-0.4, -0.2) is 37.5 Å². The molecule has 0 aliphatic heterocycles. The first-order valence-corrected chi connectivity index (χ1v) is 11.0. The molecule has 0 aromatic heterocycles. The van der Waals surface area contributed by atoms with E-state index in [0.717, 1.165) is 50.4 Å². The van der Waals surface area contributed by atoms with Crippen LogP contribution in [0.3, 0.4) is 0 Å². The summed E-state index contributed by atoms with van der Waals surface area (Å²) >= 11 is 0. The van der Waals surface area contributed by atoms with Crippen LogP contribution in [0.15, 0.2) is 0 Å². The van der Waals surface area contributed by atoms with Crippen LogP contribution in [0.4, 0.5) is 9.59 Å². The predicted octanol–water partition coefficient (Wildman–Crippen LogP) is 4.77. The molecule has 2 fully saturated rings. The summed E-state index contributed by atoms with van der Waals surface area (Å²) < 4.78 is 10.2. The molecule has 0 aromatic carbocycles. The number of amides is 2.